The molecule has 1 heterocycles. The number of aromatic nitrogens is 2. The van der Waals surface area contributed by atoms with Gasteiger partial charge in [0.2, 0.25) is 0 Å². The Hall–Kier alpha value is -1.63. The topological polar surface area (TPSA) is 61.6 Å². The van der Waals surface area contributed by atoms with Crippen LogP contribution in [0.5, 0.6) is 0 Å². The molecule has 0 bridgehead atoms. The number of nitrogens with zero attached hydrogens (tertiary/aromatic N) is 3. The Balaban J connectivity index is 2.56. The lowest BCUT2D eigenvalue weighted by Gasteiger charge is -2.15. The van der Waals surface area contributed by atoms with Crippen molar-refractivity contribution in [2.75, 3.05) is 5.32 Å². The number of hydrogen-bond acceptors (Lipinski definition) is 4. The quantitative estimate of drug-likeness (QED) is 0.825. The third-order valence-corrected chi connectivity index (χ3v) is 2.36. The standard InChI is InChI=1S/C12H18N4/c1-9(2)4-5-10(3)16-12-11(8-13)14-6-7-15-12/h6-7,9-10H,4-5H2,1-3H3,(H,15,16). The molecule has 1 rings (SSSR count). The molecule has 0 radical (unpaired) electrons. The minimum Gasteiger partial charge on any atom is -0.365 e. The molecule has 0 saturated carbocycles. The molecule has 0 amide bonds. The molecule has 0 fully saturated rings. The van der Waals surface area contributed by atoms with E-state index in [4.69, 9.17) is 5.26 Å². The SMILES string of the molecule is CC(C)CCC(C)Nc1nccnc1C#N. The molecule has 1 aromatic rings. The van der Waals surface area contributed by atoms with E-state index in [1.165, 1.54) is 6.20 Å². The lowest BCUT2D eigenvalue weighted by molar-refractivity contribution is 0.527. The van der Waals surface area contributed by atoms with Crippen molar-refractivity contribution >= 4 is 5.82 Å². The highest BCUT2D eigenvalue weighted by Gasteiger charge is 2.08. The molecule has 1 aromatic heterocycles. The Labute approximate surface area is 96.7 Å². The maximum absolute atomic E-state index is 8.86. The van der Waals surface area contributed by atoms with Crippen molar-refractivity contribution in [2.24, 2.45) is 5.92 Å². The van der Waals surface area contributed by atoms with Gasteiger partial charge >= 0.3 is 0 Å². The van der Waals surface area contributed by atoms with E-state index in [2.05, 4.69) is 36.1 Å². The van der Waals surface area contributed by atoms with Gasteiger partial charge in [-0.05, 0) is 25.7 Å². The fourth-order valence-corrected chi connectivity index (χ4v) is 1.41. The van der Waals surface area contributed by atoms with E-state index in [0.717, 1.165) is 12.8 Å². The lowest BCUT2D eigenvalue weighted by Crippen LogP contribution is -2.17. The first-order valence-electron chi connectivity index (χ1n) is 5.61. The molecule has 0 saturated heterocycles. The molecule has 4 heteroatoms. The molecular formula is C12H18N4. The largest absolute Gasteiger partial charge is 0.365 e. The molecule has 1 N–H and O–H groups in total. The van der Waals surface area contributed by atoms with Gasteiger partial charge in [0.1, 0.15) is 6.07 Å². The van der Waals surface area contributed by atoms with Crippen LogP contribution in [0.2, 0.25) is 0 Å². The smallest absolute Gasteiger partial charge is 0.182 e. The summed E-state index contributed by atoms with van der Waals surface area (Å²) in [6.45, 7) is 6.50. The summed E-state index contributed by atoms with van der Waals surface area (Å²) in [6, 6.07) is 2.34. The zero-order valence-corrected chi connectivity index (χ0v) is 10.1. The van der Waals surface area contributed by atoms with Gasteiger partial charge in [-0.1, -0.05) is 13.8 Å². The minimum absolute atomic E-state index is 0.311. The van der Waals surface area contributed by atoms with Crippen molar-refractivity contribution in [1.29, 1.82) is 5.26 Å². The summed E-state index contributed by atoms with van der Waals surface area (Å²) in [4.78, 5) is 8.08. The Morgan fingerprint density at radius 2 is 1.94 bits per heavy atom. The first kappa shape index (κ1) is 12.4. The van der Waals surface area contributed by atoms with E-state index in [1.807, 2.05) is 6.07 Å². The highest BCUT2D eigenvalue weighted by Crippen LogP contribution is 2.12. The van der Waals surface area contributed by atoms with Crippen LogP contribution >= 0.6 is 0 Å². The van der Waals surface area contributed by atoms with Crippen molar-refractivity contribution in [3.8, 4) is 6.07 Å². The van der Waals surface area contributed by atoms with Gasteiger partial charge in [0, 0.05) is 18.4 Å². The fraction of sp³-hybridized carbons (Fsp3) is 0.583. The average Bonchev–Trinajstić information content (AvgIpc) is 2.27. The van der Waals surface area contributed by atoms with Crippen LogP contribution in [0.3, 0.4) is 0 Å². The molecule has 86 valence electrons. The fourth-order valence-electron chi connectivity index (χ4n) is 1.41. The molecule has 0 aliphatic heterocycles. The molecule has 0 aliphatic carbocycles. The maximum atomic E-state index is 8.86. The number of hydrogen-bond donors (Lipinski definition) is 1. The summed E-state index contributed by atoms with van der Waals surface area (Å²) in [6.07, 6.45) is 5.36. The summed E-state index contributed by atoms with van der Waals surface area (Å²) < 4.78 is 0. The molecule has 0 spiro atoms. The second-order valence-corrected chi connectivity index (χ2v) is 4.38. The molecular weight excluding hydrogens is 200 g/mol. The van der Waals surface area contributed by atoms with Crippen LogP contribution < -0.4 is 5.32 Å². The van der Waals surface area contributed by atoms with Gasteiger partial charge in [0.25, 0.3) is 0 Å². The zero-order valence-electron chi connectivity index (χ0n) is 10.1. The second-order valence-electron chi connectivity index (χ2n) is 4.38. The van der Waals surface area contributed by atoms with Crippen LogP contribution in [0.15, 0.2) is 12.4 Å². The van der Waals surface area contributed by atoms with Crippen LogP contribution in [-0.2, 0) is 0 Å². The van der Waals surface area contributed by atoms with Crippen LogP contribution in [-0.4, -0.2) is 16.0 Å². The van der Waals surface area contributed by atoms with E-state index in [-0.39, 0.29) is 0 Å². The molecule has 1 unspecified atom stereocenters. The third kappa shape index (κ3) is 3.85. The van der Waals surface area contributed by atoms with Gasteiger partial charge in [-0.2, -0.15) is 5.26 Å². The van der Waals surface area contributed by atoms with Gasteiger partial charge in [-0.15, -0.1) is 0 Å². The Kier molecular flexibility index (Phi) is 4.71. The summed E-state index contributed by atoms with van der Waals surface area (Å²) in [5, 5.41) is 12.1. The average molecular weight is 218 g/mol. The normalized spacial score (nSPS) is 12.2. The Morgan fingerprint density at radius 3 is 2.56 bits per heavy atom. The lowest BCUT2D eigenvalue weighted by atomic mass is 10.0. The highest BCUT2D eigenvalue weighted by molar-refractivity contribution is 5.47. The van der Waals surface area contributed by atoms with E-state index in [9.17, 15) is 0 Å². The van der Waals surface area contributed by atoms with E-state index < -0.39 is 0 Å². The molecule has 0 aliphatic rings. The van der Waals surface area contributed by atoms with E-state index in [0.29, 0.717) is 23.5 Å². The Morgan fingerprint density at radius 1 is 1.25 bits per heavy atom. The van der Waals surface area contributed by atoms with Gasteiger partial charge in [0.05, 0.1) is 0 Å². The van der Waals surface area contributed by atoms with Crippen molar-refractivity contribution in [1.82, 2.24) is 9.97 Å². The van der Waals surface area contributed by atoms with Crippen LogP contribution in [0.25, 0.3) is 0 Å². The second kappa shape index (κ2) is 6.06. The van der Waals surface area contributed by atoms with Gasteiger partial charge < -0.3 is 5.32 Å². The first-order chi connectivity index (χ1) is 7.63. The van der Waals surface area contributed by atoms with Crippen molar-refractivity contribution < 1.29 is 0 Å². The van der Waals surface area contributed by atoms with Crippen molar-refractivity contribution in [3.63, 3.8) is 0 Å². The Bertz CT molecular complexity index is 368. The maximum Gasteiger partial charge on any atom is 0.182 e. The third-order valence-electron chi connectivity index (χ3n) is 2.36. The summed E-state index contributed by atoms with van der Waals surface area (Å²) in [5.74, 6) is 1.28. The summed E-state index contributed by atoms with van der Waals surface area (Å²) in [7, 11) is 0. The van der Waals surface area contributed by atoms with Crippen LogP contribution in [0, 0.1) is 17.2 Å². The summed E-state index contributed by atoms with van der Waals surface area (Å²) in [5.41, 5.74) is 0.360. The summed E-state index contributed by atoms with van der Waals surface area (Å²) >= 11 is 0. The van der Waals surface area contributed by atoms with Gasteiger partial charge in [-0.3, -0.25) is 0 Å². The number of anilines is 1. The zero-order chi connectivity index (χ0) is 12.0. The van der Waals surface area contributed by atoms with Crippen LogP contribution in [0.4, 0.5) is 5.82 Å². The predicted octanol–water partition coefficient (Wildman–Crippen LogP) is 2.58. The van der Waals surface area contributed by atoms with Crippen molar-refractivity contribution in [2.45, 2.75) is 39.7 Å². The molecule has 16 heavy (non-hydrogen) atoms. The van der Waals surface area contributed by atoms with Crippen molar-refractivity contribution in [3.05, 3.63) is 18.1 Å². The van der Waals surface area contributed by atoms with Gasteiger partial charge in [-0.25, -0.2) is 9.97 Å². The van der Waals surface area contributed by atoms with Crippen LogP contribution in [0.1, 0.15) is 39.3 Å². The monoisotopic (exact) mass is 218 g/mol. The van der Waals surface area contributed by atoms with E-state index in [1.54, 1.807) is 6.20 Å². The minimum atomic E-state index is 0.311. The molecule has 4 nitrogen and oxygen atoms in total. The molecule has 1 atom stereocenters. The molecule has 0 aromatic carbocycles. The number of nitriles is 1. The number of rotatable bonds is 5. The predicted molar refractivity (Wildman–Crippen MR) is 63.9 cm³/mol. The first-order valence-corrected chi connectivity index (χ1v) is 5.61. The highest BCUT2D eigenvalue weighted by atomic mass is 15.0. The van der Waals surface area contributed by atoms with Gasteiger partial charge in [0.15, 0.2) is 11.5 Å². The number of nitrogens with one attached hydrogen (secondary N) is 1. The van der Waals surface area contributed by atoms with E-state index >= 15 is 0 Å².